The summed E-state index contributed by atoms with van der Waals surface area (Å²) in [6, 6.07) is 5.89. The van der Waals surface area contributed by atoms with E-state index >= 15 is 0 Å². The molecule has 0 heterocycles. The number of fused-ring (bicyclic) bond motifs is 1. The Bertz CT molecular complexity index is 604. The first-order valence-corrected chi connectivity index (χ1v) is 8.62. The van der Waals surface area contributed by atoms with Crippen molar-refractivity contribution in [2.45, 2.75) is 31.9 Å². The number of methoxy groups -OCH3 is 1. The van der Waals surface area contributed by atoms with Gasteiger partial charge in [0.15, 0.2) is 9.84 Å². The van der Waals surface area contributed by atoms with Crippen molar-refractivity contribution in [2.75, 3.05) is 12.9 Å². The van der Waals surface area contributed by atoms with Gasteiger partial charge in [0.25, 0.3) is 0 Å². The fourth-order valence-corrected chi connectivity index (χ4v) is 4.38. The van der Waals surface area contributed by atoms with E-state index in [0.717, 1.165) is 24.8 Å². The first kappa shape index (κ1) is 15.0. The van der Waals surface area contributed by atoms with Crippen molar-refractivity contribution < 1.29 is 17.9 Å². The molecule has 0 aliphatic heterocycles. The van der Waals surface area contributed by atoms with E-state index in [1.807, 2.05) is 18.2 Å². The molecule has 0 spiro atoms. The highest BCUT2D eigenvalue weighted by Gasteiger charge is 2.23. The lowest BCUT2D eigenvalue weighted by molar-refractivity contribution is -0.144. The molecule has 0 aromatic heterocycles. The molecule has 0 saturated heterocycles. The van der Waals surface area contributed by atoms with Gasteiger partial charge in [0.05, 0.1) is 24.5 Å². The first-order chi connectivity index (χ1) is 9.41. The van der Waals surface area contributed by atoms with E-state index in [1.54, 1.807) is 6.92 Å². The van der Waals surface area contributed by atoms with Crippen LogP contribution in [0.2, 0.25) is 0 Å². The number of aryl methyl sites for hydroxylation is 2. The fraction of sp³-hybridized carbons (Fsp3) is 0.533. The molecule has 110 valence electrons. The van der Waals surface area contributed by atoms with Gasteiger partial charge in [0.2, 0.25) is 0 Å². The SMILES string of the molecule is COC(=O)C(C)CS(=O)(=O)Cc1ccc2c(c1)CCC2. The van der Waals surface area contributed by atoms with Crippen LogP contribution in [0.25, 0.3) is 0 Å². The van der Waals surface area contributed by atoms with Crippen LogP contribution < -0.4 is 0 Å². The summed E-state index contributed by atoms with van der Waals surface area (Å²) in [6.45, 7) is 1.58. The third kappa shape index (κ3) is 3.60. The maximum Gasteiger partial charge on any atom is 0.309 e. The molecular weight excluding hydrogens is 276 g/mol. The Kier molecular flexibility index (Phi) is 4.48. The van der Waals surface area contributed by atoms with Crippen LogP contribution in [0.15, 0.2) is 18.2 Å². The molecule has 1 aromatic rings. The predicted molar refractivity (Wildman–Crippen MR) is 77.1 cm³/mol. The van der Waals surface area contributed by atoms with Crippen LogP contribution in [0, 0.1) is 5.92 Å². The molecule has 4 nitrogen and oxygen atoms in total. The summed E-state index contributed by atoms with van der Waals surface area (Å²) in [5, 5.41) is 0. The van der Waals surface area contributed by atoms with E-state index in [-0.39, 0.29) is 11.5 Å². The first-order valence-electron chi connectivity index (χ1n) is 6.80. The zero-order valence-corrected chi connectivity index (χ0v) is 12.7. The minimum atomic E-state index is -3.31. The number of hydrogen-bond donors (Lipinski definition) is 0. The van der Waals surface area contributed by atoms with Gasteiger partial charge < -0.3 is 4.74 Å². The summed E-state index contributed by atoms with van der Waals surface area (Å²) < 4.78 is 28.8. The number of ether oxygens (including phenoxy) is 1. The number of rotatable bonds is 5. The molecule has 1 aromatic carbocycles. The molecule has 0 fully saturated rings. The van der Waals surface area contributed by atoms with Crippen LogP contribution in [0.5, 0.6) is 0 Å². The van der Waals surface area contributed by atoms with Crippen LogP contribution in [-0.2, 0) is 38.0 Å². The van der Waals surface area contributed by atoms with Gasteiger partial charge in [-0.3, -0.25) is 4.79 Å². The Morgan fingerprint density at radius 1 is 1.30 bits per heavy atom. The summed E-state index contributed by atoms with van der Waals surface area (Å²) in [6.07, 6.45) is 3.26. The normalized spacial score (nSPS) is 15.7. The summed E-state index contributed by atoms with van der Waals surface area (Å²) in [4.78, 5) is 11.3. The highest BCUT2D eigenvalue weighted by molar-refractivity contribution is 7.90. The second kappa shape index (κ2) is 5.95. The maximum atomic E-state index is 12.1. The Morgan fingerprint density at radius 2 is 2.00 bits per heavy atom. The van der Waals surface area contributed by atoms with Crippen LogP contribution in [0.4, 0.5) is 0 Å². The minimum Gasteiger partial charge on any atom is -0.469 e. The summed E-state index contributed by atoms with van der Waals surface area (Å²) >= 11 is 0. The molecule has 0 amide bonds. The van der Waals surface area contributed by atoms with Crippen molar-refractivity contribution in [3.63, 3.8) is 0 Å². The lowest BCUT2D eigenvalue weighted by atomic mass is 10.1. The van der Waals surface area contributed by atoms with Gasteiger partial charge >= 0.3 is 5.97 Å². The van der Waals surface area contributed by atoms with Gasteiger partial charge in [-0.2, -0.15) is 0 Å². The predicted octanol–water partition coefficient (Wildman–Crippen LogP) is 1.90. The fourth-order valence-electron chi connectivity index (χ4n) is 2.68. The third-order valence-electron chi connectivity index (χ3n) is 3.66. The largest absolute Gasteiger partial charge is 0.469 e. The monoisotopic (exact) mass is 296 g/mol. The molecule has 0 saturated carbocycles. The quantitative estimate of drug-likeness (QED) is 0.779. The third-order valence-corrected chi connectivity index (χ3v) is 5.44. The molecule has 2 rings (SSSR count). The number of benzene rings is 1. The highest BCUT2D eigenvalue weighted by atomic mass is 32.2. The van der Waals surface area contributed by atoms with Crippen LogP contribution >= 0.6 is 0 Å². The zero-order valence-electron chi connectivity index (χ0n) is 11.9. The second-order valence-corrected chi connectivity index (χ2v) is 7.54. The van der Waals surface area contributed by atoms with Crippen molar-refractivity contribution >= 4 is 15.8 Å². The van der Waals surface area contributed by atoms with Gasteiger partial charge in [-0.15, -0.1) is 0 Å². The number of carbonyl (C=O) groups is 1. The van der Waals surface area contributed by atoms with E-state index in [2.05, 4.69) is 4.74 Å². The Balaban J connectivity index is 2.06. The number of sulfone groups is 1. The highest BCUT2D eigenvalue weighted by Crippen LogP contribution is 2.24. The molecule has 1 aliphatic carbocycles. The van der Waals surface area contributed by atoms with Crippen LogP contribution in [0.1, 0.15) is 30.0 Å². The van der Waals surface area contributed by atoms with Gasteiger partial charge in [0.1, 0.15) is 0 Å². The molecule has 1 unspecified atom stereocenters. The van der Waals surface area contributed by atoms with Crippen molar-refractivity contribution in [1.29, 1.82) is 0 Å². The van der Waals surface area contributed by atoms with Crippen molar-refractivity contribution in [3.05, 3.63) is 34.9 Å². The molecular formula is C15H20O4S. The molecule has 5 heteroatoms. The van der Waals surface area contributed by atoms with Crippen LogP contribution in [0.3, 0.4) is 0 Å². The summed E-state index contributed by atoms with van der Waals surface area (Å²) in [5.74, 6) is -1.29. The summed E-state index contributed by atoms with van der Waals surface area (Å²) in [5.41, 5.74) is 3.40. The minimum absolute atomic E-state index is 0.0123. The Hall–Kier alpha value is -1.36. The van der Waals surface area contributed by atoms with Crippen molar-refractivity contribution in [2.24, 2.45) is 5.92 Å². The second-order valence-electron chi connectivity index (χ2n) is 5.44. The van der Waals surface area contributed by atoms with Crippen LogP contribution in [-0.4, -0.2) is 27.2 Å². The zero-order chi connectivity index (χ0) is 14.8. The van der Waals surface area contributed by atoms with Gasteiger partial charge in [-0.05, 0) is 36.0 Å². The van der Waals surface area contributed by atoms with E-state index < -0.39 is 21.7 Å². The topological polar surface area (TPSA) is 60.4 Å². The van der Waals surface area contributed by atoms with Gasteiger partial charge in [-0.25, -0.2) is 8.42 Å². The maximum absolute atomic E-state index is 12.1. The number of carbonyl (C=O) groups excluding carboxylic acids is 1. The van der Waals surface area contributed by atoms with E-state index in [1.165, 1.54) is 18.2 Å². The molecule has 20 heavy (non-hydrogen) atoms. The smallest absolute Gasteiger partial charge is 0.309 e. The summed E-state index contributed by atoms with van der Waals surface area (Å²) in [7, 11) is -2.04. The van der Waals surface area contributed by atoms with E-state index in [4.69, 9.17) is 0 Å². The Labute approximate surface area is 120 Å². The lowest BCUT2D eigenvalue weighted by Gasteiger charge is -2.10. The standard InChI is InChI=1S/C15H20O4S/c1-11(15(16)19-2)9-20(17,18)10-12-6-7-13-4-3-5-14(13)8-12/h6-8,11H,3-5,9-10H2,1-2H3. The molecule has 0 radical (unpaired) electrons. The molecule has 0 N–H and O–H groups in total. The average molecular weight is 296 g/mol. The molecule has 1 aliphatic rings. The van der Waals surface area contributed by atoms with Crippen molar-refractivity contribution in [3.8, 4) is 0 Å². The Morgan fingerprint density at radius 3 is 2.70 bits per heavy atom. The molecule has 0 bridgehead atoms. The average Bonchev–Trinajstić information content (AvgIpc) is 2.83. The number of esters is 1. The van der Waals surface area contributed by atoms with Crippen molar-refractivity contribution in [1.82, 2.24) is 0 Å². The van der Waals surface area contributed by atoms with Gasteiger partial charge in [0, 0.05) is 0 Å². The lowest BCUT2D eigenvalue weighted by Crippen LogP contribution is -2.23. The molecule has 1 atom stereocenters. The van der Waals surface area contributed by atoms with E-state index in [9.17, 15) is 13.2 Å². The van der Waals surface area contributed by atoms with E-state index in [0.29, 0.717) is 0 Å². The van der Waals surface area contributed by atoms with Gasteiger partial charge in [-0.1, -0.05) is 25.1 Å². The number of hydrogen-bond acceptors (Lipinski definition) is 4.